The molecule has 0 saturated carbocycles. The SMILES string of the molecule is CC(C)n1c(=O)n(C2CCC(=O)NC2=O)c2ccc(C3CCN(C(=O)Nc4cccc(CS(=O)(=O)N5CC[C@H](Nc6cccc(-c7sc(C(=O)O)c(OCC(=O)O)c7Cl)c6)CC5(C)C)c4)CC3(F)F)cc21. The molecule has 3 fully saturated rings. The molecule has 0 spiro atoms. The fraction of sp³-hybridized carbons (Fsp3) is 0.417. The predicted molar refractivity (Wildman–Crippen MR) is 262 cm³/mol. The number of likely N-dealkylation sites (tertiary alicyclic amines) is 1. The number of thiophene rings is 1. The van der Waals surface area contributed by atoms with Crippen LogP contribution in [0.25, 0.3) is 21.5 Å². The highest BCUT2D eigenvalue weighted by Crippen LogP contribution is 2.46. The highest BCUT2D eigenvalue weighted by Gasteiger charge is 2.47. The number of sulfonamides is 1. The standard InChI is InChI=1S/C48H52ClF2N7O11S2/c1-26(2)57-36-21-28(11-12-34(36)58(46(57)66)35-13-14-37(59)54-43(35)62)33-16-17-55(25-48(33,50)51)45(65)53-30-9-5-7-27(19-30)24-71(67,68)56-18-15-32(22-47(56,3)4)52-31-10-6-8-29(20-31)41-39(49)40(69-23-38(60)61)42(70-41)44(63)64/h5-12,19-21,26,32-33,35,52H,13-18,22-25H2,1-4H3,(H,53,65)(H,60,61)(H,63,64)(H,54,59,62)/t32-,33?,35?/m0/s1. The van der Waals surface area contributed by atoms with Gasteiger partial charge in [-0.15, -0.1) is 11.3 Å². The number of hydrogen-bond donors (Lipinski definition) is 5. The average molecular weight is 1040 g/mol. The molecule has 5 heterocycles. The quantitative estimate of drug-likeness (QED) is 0.0672. The molecule has 3 saturated heterocycles. The number of imidazole rings is 1. The van der Waals surface area contributed by atoms with Gasteiger partial charge in [0.2, 0.25) is 21.8 Å². The van der Waals surface area contributed by atoms with Crippen LogP contribution in [0.5, 0.6) is 5.75 Å². The van der Waals surface area contributed by atoms with Crippen LogP contribution in [0.15, 0.2) is 71.5 Å². The number of imide groups is 1. The first kappa shape index (κ1) is 51.0. The minimum Gasteiger partial charge on any atom is -0.479 e. The topological polar surface area (TPSA) is 239 Å². The lowest BCUT2D eigenvalue weighted by Gasteiger charge is -2.45. The van der Waals surface area contributed by atoms with Gasteiger partial charge in [-0.1, -0.05) is 41.9 Å². The third kappa shape index (κ3) is 10.5. The van der Waals surface area contributed by atoms with E-state index in [1.807, 2.05) is 19.9 Å². The summed E-state index contributed by atoms with van der Waals surface area (Å²) in [4.78, 5) is 76.0. The first-order valence-electron chi connectivity index (χ1n) is 22.8. The number of rotatable bonds is 14. The lowest BCUT2D eigenvalue weighted by molar-refractivity contribution is -0.139. The highest BCUT2D eigenvalue weighted by atomic mass is 35.5. The zero-order valence-electron chi connectivity index (χ0n) is 39.0. The number of carbonyl (C=O) groups is 5. The second-order valence-corrected chi connectivity index (χ2v) is 22.2. The average Bonchev–Trinajstić information content (AvgIpc) is 3.77. The number of hydrogen-bond acceptors (Lipinski definition) is 11. The number of carboxylic acids is 2. The maximum atomic E-state index is 16.1. The zero-order chi connectivity index (χ0) is 51.3. The molecule has 378 valence electrons. The van der Waals surface area contributed by atoms with Crippen LogP contribution in [-0.2, 0) is 30.2 Å². The molecule has 4 amide bonds. The number of carboxylic acid groups (broad SMARTS) is 2. The molecular weight excluding hydrogens is 988 g/mol. The number of amides is 4. The molecule has 3 aliphatic heterocycles. The predicted octanol–water partition coefficient (Wildman–Crippen LogP) is 7.75. The van der Waals surface area contributed by atoms with Crippen LogP contribution in [0.3, 0.4) is 0 Å². The summed E-state index contributed by atoms with van der Waals surface area (Å²) in [5.41, 5.74) is 1.50. The normalized spacial score (nSPS) is 20.5. The van der Waals surface area contributed by atoms with Gasteiger partial charge < -0.3 is 30.5 Å². The molecule has 23 heteroatoms. The number of halogens is 3. The van der Waals surface area contributed by atoms with Gasteiger partial charge in [-0.25, -0.2) is 36.4 Å². The number of carbonyl (C=O) groups excluding carboxylic acids is 3. The van der Waals surface area contributed by atoms with Crippen LogP contribution in [0.4, 0.5) is 25.0 Å². The first-order chi connectivity index (χ1) is 33.4. The van der Waals surface area contributed by atoms with E-state index in [4.69, 9.17) is 21.4 Å². The van der Waals surface area contributed by atoms with Crippen molar-refractivity contribution in [1.29, 1.82) is 0 Å². The summed E-state index contributed by atoms with van der Waals surface area (Å²) in [5, 5.41) is 27.1. The van der Waals surface area contributed by atoms with Crippen LogP contribution in [0.1, 0.15) is 98.6 Å². The number of nitrogens with zero attached hydrogens (tertiary/aromatic N) is 4. The Labute approximate surface area is 415 Å². The lowest BCUT2D eigenvalue weighted by Crippen LogP contribution is -2.55. The summed E-state index contributed by atoms with van der Waals surface area (Å²) in [6.07, 6.45) is 0.919. The summed E-state index contributed by atoms with van der Waals surface area (Å²) in [5.74, 6) is -8.97. The Morgan fingerprint density at radius 1 is 0.958 bits per heavy atom. The minimum atomic E-state index is -3.93. The van der Waals surface area contributed by atoms with Gasteiger partial charge in [0.05, 0.1) is 34.1 Å². The van der Waals surface area contributed by atoms with Gasteiger partial charge in [0, 0.05) is 48.5 Å². The van der Waals surface area contributed by atoms with E-state index in [-0.39, 0.29) is 71.3 Å². The second-order valence-electron chi connectivity index (χ2n) is 18.9. The van der Waals surface area contributed by atoms with Gasteiger partial charge in [-0.3, -0.25) is 24.0 Å². The Hall–Kier alpha value is -6.36. The van der Waals surface area contributed by atoms with E-state index >= 15 is 8.78 Å². The largest absolute Gasteiger partial charge is 0.479 e. The molecule has 3 atom stereocenters. The number of benzene rings is 3. The van der Waals surface area contributed by atoms with E-state index in [1.165, 1.54) is 25.6 Å². The molecule has 0 aliphatic carbocycles. The van der Waals surface area contributed by atoms with Gasteiger partial charge in [0.1, 0.15) is 11.1 Å². The summed E-state index contributed by atoms with van der Waals surface area (Å²) in [6, 6.07) is 15.6. The van der Waals surface area contributed by atoms with Crippen LogP contribution < -0.4 is 26.4 Å². The molecule has 2 aromatic heterocycles. The van der Waals surface area contributed by atoms with Gasteiger partial charge in [0.15, 0.2) is 17.2 Å². The molecule has 0 bridgehead atoms. The van der Waals surface area contributed by atoms with Crippen molar-refractivity contribution in [3.05, 3.63) is 98.2 Å². The zero-order valence-corrected chi connectivity index (χ0v) is 41.4. The molecule has 3 aliphatic rings. The van der Waals surface area contributed by atoms with Crippen molar-refractivity contribution < 1.29 is 56.1 Å². The maximum Gasteiger partial charge on any atom is 0.349 e. The first-order valence-corrected chi connectivity index (χ1v) is 25.6. The number of aromatic nitrogens is 2. The molecule has 71 heavy (non-hydrogen) atoms. The maximum absolute atomic E-state index is 16.1. The summed E-state index contributed by atoms with van der Waals surface area (Å²) in [7, 11) is -3.93. The third-order valence-electron chi connectivity index (χ3n) is 13.1. The van der Waals surface area contributed by atoms with Crippen molar-refractivity contribution in [2.24, 2.45) is 0 Å². The van der Waals surface area contributed by atoms with Gasteiger partial charge >= 0.3 is 23.7 Å². The Kier molecular flexibility index (Phi) is 14.1. The van der Waals surface area contributed by atoms with E-state index in [1.54, 1.807) is 62.4 Å². The molecule has 3 aromatic carbocycles. The van der Waals surface area contributed by atoms with E-state index in [0.29, 0.717) is 45.6 Å². The highest BCUT2D eigenvalue weighted by molar-refractivity contribution is 7.88. The monoisotopic (exact) mass is 1040 g/mol. The number of fused-ring (bicyclic) bond motifs is 1. The number of piperidine rings is 3. The van der Waals surface area contributed by atoms with Crippen molar-refractivity contribution in [1.82, 2.24) is 23.7 Å². The molecule has 5 N–H and O–H groups in total. The Bertz CT molecular complexity index is 3140. The van der Waals surface area contributed by atoms with Crippen molar-refractivity contribution in [2.45, 2.75) is 101 Å². The van der Waals surface area contributed by atoms with E-state index in [0.717, 1.165) is 16.2 Å². The summed E-state index contributed by atoms with van der Waals surface area (Å²) < 4.78 is 69.8. The van der Waals surface area contributed by atoms with Crippen molar-refractivity contribution in [3.8, 4) is 16.2 Å². The van der Waals surface area contributed by atoms with Gasteiger partial charge in [0.25, 0.3) is 5.92 Å². The molecule has 2 unspecified atom stereocenters. The fourth-order valence-electron chi connectivity index (χ4n) is 9.95. The van der Waals surface area contributed by atoms with Crippen LogP contribution in [0.2, 0.25) is 5.02 Å². The van der Waals surface area contributed by atoms with Crippen LogP contribution in [0, 0.1) is 0 Å². The van der Waals surface area contributed by atoms with E-state index in [2.05, 4.69) is 16.0 Å². The van der Waals surface area contributed by atoms with Crippen LogP contribution in [-0.4, -0.2) is 110 Å². The number of aromatic carboxylic acids is 1. The number of urea groups is 1. The number of nitrogens with one attached hydrogen (secondary N) is 3. The van der Waals surface area contributed by atoms with Gasteiger partial charge in [-0.05, 0) is 106 Å². The molecule has 8 rings (SSSR count). The molecule has 0 radical (unpaired) electrons. The van der Waals surface area contributed by atoms with E-state index < -0.39 is 87.8 Å². The minimum absolute atomic E-state index is 0.0269. The number of aliphatic carboxylic acids is 1. The number of alkyl halides is 2. The summed E-state index contributed by atoms with van der Waals surface area (Å²) in [6.45, 7) is 5.66. The Morgan fingerprint density at radius 2 is 1.69 bits per heavy atom. The Morgan fingerprint density at radius 3 is 2.37 bits per heavy atom. The van der Waals surface area contributed by atoms with Crippen molar-refractivity contribution in [2.75, 3.05) is 36.9 Å². The van der Waals surface area contributed by atoms with Crippen molar-refractivity contribution >= 4 is 85.2 Å². The lowest BCUT2D eigenvalue weighted by atomic mass is 9.86. The number of ether oxygens (including phenoxy) is 1. The van der Waals surface area contributed by atoms with Crippen molar-refractivity contribution in [3.63, 3.8) is 0 Å². The molecule has 5 aromatic rings. The smallest absolute Gasteiger partial charge is 0.349 e. The van der Waals surface area contributed by atoms with Gasteiger partial charge in [-0.2, -0.15) is 4.31 Å². The third-order valence-corrected chi connectivity index (χ3v) is 16.8. The molecular formula is C48H52ClF2N7O11S2. The number of anilines is 2. The Balaban J connectivity index is 0.894. The van der Waals surface area contributed by atoms with E-state index in [9.17, 15) is 42.3 Å². The second kappa shape index (κ2) is 19.7. The van der Waals surface area contributed by atoms with Crippen LogP contribution >= 0.6 is 22.9 Å². The molecule has 18 nitrogen and oxygen atoms in total. The fourth-order valence-corrected chi connectivity index (χ4v) is 13.3. The summed E-state index contributed by atoms with van der Waals surface area (Å²) >= 11 is 7.36.